The minimum atomic E-state index is -0.311. The SMILES string of the molecule is CN(CC(=O)NC(C)(C)C)C(=O)CSc1nnc(-c2cccs2)n1C1CC1. The molecule has 0 bridgehead atoms. The van der Waals surface area contributed by atoms with Gasteiger partial charge in [0.1, 0.15) is 0 Å². The topological polar surface area (TPSA) is 80.1 Å². The zero-order chi connectivity index (χ0) is 19.6. The third kappa shape index (κ3) is 5.32. The highest BCUT2D eigenvalue weighted by Gasteiger charge is 2.30. The van der Waals surface area contributed by atoms with Crippen LogP contribution in [0, 0.1) is 0 Å². The van der Waals surface area contributed by atoms with Gasteiger partial charge >= 0.3 is 0 Å². The first kappa shape index (κ1) is 19.9. The quantitative estimate of drug-likeness (QED) is 0.714. The molecule has 0 spiro atoms. The van der Waals surface area contributed by atoms with Crippen LogP contribution in [0.1, 0.15) is 39.7 Å². The molecule has 27 heavy (non-hydrogen) atoms. The van der Waals surface area contributed by atoms with Crippen molar-refractivity contribution in [3.05, 3.63) is 17.5 Å². The monoisotopic (exact) mass is 407 g/mol. The Morgan fingerprint density at radius 1 is 1.37 bits per heavy atom. The summed E-state index contributed by atoms with van der Waals surface area (Å²) in [5, 5.41) is 14.3. The van der Waals surface area contributed by atoms with Crippen LogP contribution in [0.5, 0.6) is 0 Å². The minimum absolute atomic E-state index is 0.0480. The molecule has 2 aromatic heterocycles. The van der Waals surface area contributed by atoms with E-state index < -0.39 is 0 Å². The number of nitrogens with zero attached hydrogens (tertiary/aromatic N) is 4. The van der Waals surface area contributed by atoms with Crippen LogP contribution < -0.4 is 5.32 Å². The minimum Gasteiger partial charge on any atom is -0.350 e. The van der Waals surface area contributed by atoms with E-state index in [4.69, 9.17) is 0 Å². The molecule has 2 amide bonds. The van der Waals surface area contributed by atoms with Crippen LogP contribution in [0.4, 0.5) is 0 Å². The summed E-state index contributed by atoms with van der Waals surface area (Å²) < 4.78 is 2.15. The normalized spacial score (nSPS) is 14.2. The van der Waals surface area contributed by atoms with Crippen LogP contribution >= 0.6 is 23.1 Å². The maximum atomic E-state index is 12.4. The van der Waals surface area contributed by atoms with Gasteiger partial charge in [-0.3, -0.25) is 14.2 Å². The van der Waals surface area contributed by atoms with E-state index in [2.05, 4.69) is 20.1 Å². The van der Waals surface area contributed by atoms with Crippen molar-refractivity contribution in [2.45, 2.75) is 50.4 Å². The largest absolute Gasteiger partial charge is 0.350 e. The van der Waals surface area contributed by atoms with Gasteiger partial charge in [0.25, 0.3) is 0 Å². The van der Waals surface area contributed by atoms with Gasteiger partial charge in [-0.1, -0.05) is 17.8 Å². The molecule has 1 aliphatic rings. The molecule has 1 aliphatic carbocycles. The Kier molecular flexibility index (Phi) is 5.90. The van der Waals surface area contributed by atoms with Gasteiger partial charge in [0.2, 0.25) is 11.8 Å². The van der Waals surface area contributed by atoms with Crippen molar-refractivity contribution in [1.82, 2.24) is 25.0 Å². The number of hydrogen-bond acceptors (Lipinski definition) is 6. The van der Waals surface area contributed by atoms with Gasteiger partial charge in [-0.15, -0.1) is 21.5 Å². The fourth-order valence-electron chi connectivity index (χ4n) is 2.61. The average molecular weight is 408 g/mol. The summed E-state index contributed by atoms with van der Waals surface area (Å²) >= 11 is 3.02. The molecule has 2 heterocycles. The number of carbonyl (C=O) groups is 2. The van der Waals surface area contributed by atoms with Crippen LogP contribution in [-0.4, -0.2) is 56.4 Å². The van der Waals surface area contributed by atoms with E-state index >= 15 is 0 Å². The molecule has 0 atom stereocenters. The standard InChI is InChI=1S/C18H25N5O2S2/c1-18(2,3)19-14(24)10-22(4)15(25)11-27-17-21-20-16(13-6-5-9-26-13)23(17)12-7-8-12/h5-6,9,12H,7-8,10-11H2,1-4H3,(H,19,24). The molecule has 0 saturated heterocycles. The lowest BCUT2D eigenvalue weighted by atomic mass is 10.1. The summed E-state index contributed by atoms with van der Waals surface area (Å²) in [6, 6.07) is 4.46. The summed E-state index contributed by atoms with van der Waals surface area (Å²) in [4.78, 5) is 27.0. The summed E-state index contributed by atoms with van der Waals surface area (Å²) in [6.45, 7) is 5.79. The number of amides is 2. The highest BCUT2D eigenvalue weighted by Crippen LogP contribution is 2.41. The zero-order valence-electron chi connectivity index (χ0n) is 16.1. The Morgan fingerprint density at radius 3 is 2.70 bits per heavy atom. The van der Waals surface area contributed by atoms with Crippen molar-refractivity contribution in [1.29, 1.82) is 0 Å². The number of thiophene rings is 1. The summed E-state index contributed by atoms with van der Waals surface area (Å²) in [6.07, 6.45) is 2.23. The second kappa shape index (κ2) is 8.02. The van der Waals surface area contributed by atoms with Crippen molar-refractivity contribution in [3.63, 3.8) is 0 Å². The summed E-state index contributed by atoms with van der Waals surface area (Å²) in [5.41, 5.74) is -0.311. The lowest BCUT2D eigenvalue weighted by molar-refractivity contribution is -0.133. The van der Waals surface area contributed by atoms with Crippen molar-refractivity contribution >= 4 is 34.9 Å². The lowest BCUT2D eigenvalue weighted by Gasteiger charge is -2.23. The lowest BCUT2D eigenvalue weighted by Crippen LogP contribution is -2.46. The second-order valence-corrected chi connectivity index (χ2v) is 9.61. The van der Waals surface area contributed by atoms with Gasteiger partial charge in [-0.25, -0.2) is 0 Å². The number of nitrogens with one attached hydrogen (secondary N) is 1. The molecule has 2 aromatic rings. The van der Waals surface area contributed by atoms with Gasteiger partial charge in [-0.2, -0.15) is 0 Å². The van der Waals surface area contributed by atoms with Gasteiger partial charge in [0, 0.05) is 18.6 Å². The first-order valence-corrected chi connectivity index (χ1v) is 10.8. The molecular weight excluding hydrogens is 382 g/mol. The molecule has 0 unspecified atom stereocenters. The van der Waals surface area contributed by atoms with E-state index in [1.807, 2.05) is 38.3 Å². The number of hydrogen-bond donors (Lipinski definition) is 1. The zero-order valence-corrected chi connectivity index (χ0v) is 17.7. The Balaban J connectivity index is 1.60. The van der Waals surface area contributed by atoms with E-state index in [0.717, 1.165) is 28.7 Å². The molecule has 0 aromatic carbocycles. The Hall–Kier alpha value is -1.87. The van der Waals surface area contributed by atoms with E-state index in [9.17, 15) is 9.59 Å². The van der Waals surface area contributed by atoms with Gasteiger partial charge in [0.05, 0.1) is 17.2 Å². The summed E-state index contributed by atoms with van der Waals surface area (Å²) in [7, 11) is 1.65. The van der Waals surface area contributed by atoms with E-state index in [1.54, 1.807) is 18.4 Å². The van der Waals surface area contributed by atoms with E-state index in [0.29, 0.717) is 6.04 Å². The molecule has 1 saturated carbocycles. The number of carbonyl (C=O) groups excluding carboxylic acids is 2. The van der Waals surface area contributed by atoms with Crippen LogP contribution in [0.25, 0.3) is 10.7 Å². The Labute approximate surface area is 167 Å². The molecule has 0 aliphatic heterocycles. The number of likely N-dealkylation sites (N-methyl/N-ethyl adjacent to an activating group) is 1. The first-order valence-electron chi connectivity index (χ1n) is 8.91. The van der Waals surface area contributed by atoms with Gasteiger partial charge in [-0.05, 0) is 45.1 Å². The predicted octanol–water partition coefficient (Wildman–Crippen LogP) is 2.81. The summed E-state index contributed by atoms with van der Waals surface area (Å²) in [5.74, 6) is 0.839. The van der Waals surface area contributed by atoms with Crippen LogP contribution in [0.15, 0.2) is 22.7 Å². The predicted molar refractivity (Wildman–Crippen MR) is 108 cm³/mol. The third-order valence-electron chi connectivity index (χ3n) is 3.96. The Bertz CT molecular complexity index is 806. The molecule has 1 N–H and O–H groups in total. The van der Waals surface area contributed by atoms with Gasteiger partial charge in [0.15, 0.2) is 11.0 Å². The van der Waals surface area contributed by atoms with Crippen LogP contribution in [0.3, 0.4) is 0 Å². The fourth-order valence-corrected chi connectivity index (χ4v) is 4.26. The number of aromatic nitrogens is 3. The maximum Gasteiger partial charge on any atom is 0.240 e. The smallest absolute Gasteiger partial charge is 0.240 e. The average Bonchev–Trinajstić information content (AvgIpc) is 3.09. The molecule has 9 heteroatoms. The van der Waals surface area contributed by atoms with Crippen molar-refractivity contribution < 1.29 is 9.59 Å². The van der Waals surface area contributed by atoms with E-state index in [1.165, 1.54) is 16.7 Å². The second-order valence-electron chi connectivity index (χ2n) is 7.72. The first-order chi connectivity index (χ1) is 12.7. The van der Waals surface area contributed by atoms with E-state index in [-0.39, 0.29) is 29.7 Å². The van der Waals surface area contributed by atoms with Crippen molar-refractivity contribution in [3.8, 4) is 10.7 Å². The highest BCUT2D eigenvalue weighted by atomic mass is 32.2. The number of rotatable bonds is 7. The fraction of sp³-hybridized carbons (Fsp3) is 0.556. The highest BCUT2D eigenvalue weighted by molar-refractivity contribution is 7.99. The maximum absolute atomic E-state index is 12.4. The Morgan fingerprint density at radius 2 is 2.11 bits per heavy atom. The molecule has 3 rings (SSSR count). The van der Waals surface area contributed by atoms with Crippen LogP contribution in [0.2, 0.25) is 0 Å². The molecule has 0 radical (unpaired) electrons. The molecule has 1 fully saturated rings. The van der Waals surface area contributed by atoms with Crippen molar-refractivity contribution in [2.75, 3.05) is 19.3 Å². The van der Waals surface area contributed by atoms with Crippen LogP contribution in [-0.2, 0) is 9.59 Å². The molecule has 7 nitrogen and oxygen atoms in total. The van der Waals surface area contributed by atoms with Gasteiger partial charge < -0.3 is 10.2 Å². The number of thioether (sulfide) groups is 1. The molecular formula is C18H25N5O2S2. The molecule has 146 valence electrons. The third-order valence-corrected chi connectivity index (χ3v) is 5.76. The van der Waals surface area contributed by atoms with Crippen molar-refractivity contribution in [2.24, 2.45) is 0 Å².